The van der Waals surface area contributed by atoms with Gasteiger partial charge in [-0.25, -0.2) is 18.1 Å². The number of hydrogen-bond acceptors (Lipinski definition) is 5. The zero-order valence-electron chi connectivity index (χ0n) is 10.3. The van der Waals surface area contributed by atoms with Crippen molar-refractivity contribution < 1.29 is 13.5 Å². The average molecular weight is 273 g/mol. The number of nitrogens with two attached hydrogens (primary N) is 1. The average Bonchev–Trinajstić information content (AvgIpc) is 2.35. The molecule has 0 saturated heterocycles. The molecule has 0 radical (unpaired) electrons. The summed E-state index contributed by atoms with van der Waals surface area (Å²) in [5, 5.41) is 8.84. The third kappa shape index (κ3) is 4.59. The molecule has 0 aliphatic heterocycles. The van der Waals surface area contributed by atoms with E-state index in [1.807, 2.05) is 6.92 Å². The van der Waals surface area contributed by atoms with Crippen LogP contribution in [0, 0.1) is 5.92 Å². The maximum Gasteiger partial charge on any atom is 0.242 e. The lowest BCUT2D eigenvalue weighted by Gasteiger charge is -2.09. The molecule has 1 unspecified atom stereocenters. The van der Waals surface area contributed by atoms with Crippen LogP contribution >= 0.6 is 0 Å². The molecule has 0 spiro atoms. The second-order valence-electron chi connectivity index (χ2n) is 4.25. The van der Waals surface area contributed by atoms with Crippen molar-refractivity contribution in [2.75, 3.05) is 18.9 Å². The van der Waals surface area contributed by atoms with Gasteiger partial charge in [-0.2, -0.15) is 0 Å². The Morgan fingerprint density at radius 1 is 1.50 bits per heavy atom. The monoisotopic (exact) mass is 273 g/mol. The van der Waals surface area contributed by atoms with Crippen LogP contribution in [0.5, 0.6) is 0 Å². The van der Waals surface area contributed by atoms with Gasteiger partial charge in [0.25, 0.3) is 0 Å². The number of nitrogens with one attached hydrogen (secondary N) is 1. The summed E-state index contributed by atoms with van der Waals surface area (Å²) in [4.78, 5) is 3.84. The van der Waals surface area contributed by atoms with Crippen LogP contribution in [0.1, 0.15) is 19.8 Å². The number of pyridine rings is 1. The van der Waals surface area contributed by atoms with E-state index in [-0.39, 0.29) is 23.2 Å². The van der Waals surface area contributed by atoms with E-state index >= 15 is 0 Å². The van der Waals surface area contributed by atoms with Crippen LogP contribution in [0.15, 0.2) is 23.2 Å². The first-order valence-corrected chi connectivity index (χ1v) is 7.26. The van der Waals surface area contributed by atoms with Gasteiger partial charge in [0.1, 0.15) is 10.7 Å². The minimum atomic E-state index is -3.51. The standard InChI is InChI=1S/C11H19N3O3S/c1-9(8-15)3-2-6-14-18(16,17)10-4-5-11(12)13-7-10/h4-5,7,9,14-15H,2-3,6,8H2,1H3,(H2,12,13). The maximum absolute atomic E-state index is 11.8. The van der Waals surface area contributed by atoms with Crippen molar-refractivity contribution >= 4 is 15.8 Å². The fourth-order valence-corrected chi connectivity index (χ4v) is 2.40. The molecule has 0 aromatic carbocycles. The third-order valence-corrected chi connectivity index (χ3v) is 3.99. The summed E-state index contributed by atoms with van der Waals surface area (Å²) in [5.41, 5.74) is 5.39. The van der Waals surface area contributed by atoms with Crippen LogP contribution in [-0.2, 0) is 10.0 Å². The van der Waals surface area contributed by atoms with E-state index in [0.717, 1.165) is 6.42 Å². The van der Waals surface area contributed by atoms with Gasteiger partial charge in [0, 0.05) is 19.3 Å². The molecule has 18 heavy (non-hydrogen) atoms. The number of nitrogens with zero attached hydrogens (tertiary/aromatic N) is 1. The molecule has 0 aliphatic rings. The number of sulfonamides is 1. The zero-order chi connectivity index (χ0) is 13.6. The summed E-state index contributed by atoms with van der Waals surface area (Å²) in [6.45, 7) is 2.38. The molecule has 102 valence electrons. The van der Waals surface area contributed by atoms with E-state index < -0.39 is 10.0 Å². The van der Waals surface area contributed by atoms with Gasteiger partial charge in [0.15, 0.2) is 0 Å². The van der Waals surface area contributed by atoms with Crippen LogP contribution in [0.25, 0.3) is 0 Å². The molecular weight excluding hydrogens is 254 g/mol. The maximum atomic E-state index is 11.8. The molecule has 0 saturated carbocycles. The second-order valence-corrected chi connectivity index (χ2v) is 6.01. The Bertz CT molecular complexity index is 459. The Kier molecular flexibility index (Phi) is 5.52. The molecule has 1 aromatic rings. The Morgan fingerprint density at radius 2 is 2.22 bits per heavy atom. The highest BCUT2D eigenvalue weighted by molar-refractivity contribution is 7.89. The Morgan fingerprint density at radius 3 is 2.78 bits per heavy atom. The van der Waals surface area contributed by atoms with Gasteiger partial charge in [0.2, 0.25) is 10.0 Å². The quantitative estimate of drug-likeness (QED) is 0.622. The molecule has 0 aliphatic carbocycles. The molecule has 4 N–H and O–H groups in total. The Balaban J connectivity index is 2.48. The summed E-state index contributed by atoms with van der Waals surface area (Å²) >= 11 is 0. The smallest absolute Gasteiger partial charge is 0.242 e. The van der Waals surface area contributed by atoms with Gasteiger partial charge in [-0.1, -0.05) is 6.92 Å². The van der Waals surface area contributed by atoms with E-state index in [0.29, 0.717) is 13.0 Å². The summed E-state index contributed by atoms with van der Waals surface area (Å²) < 4.78 is 26.1. The minimum absolute atomic E-state index is 0.104. The Labute approximate surface area is 107 Å². The van der Waals surface area contributed by atoms with Crippen molar-refractivity contribution in [2.24, 2.45) is 5.92 Å². The van der Waals surface area contributed by atoms with Crippen LogP contribution in [0.4, 0.5) is 5.82 Å². The van der Waals surface area contributed by atoms with Crippen molar-refractivity contribution in [3.8, 4) is 0 Å². The van der Waals surface area contributed by atoms with Crippen molar-refractivity contribution in [1.29, 1.82) is 0 Å². The van der Waals surface area contributed by atoms with Gasteiger partial charge in [0.05, 0.1) is 0 Å². The highest BCUT2D eigenvalue weighted by Crippen LogP contribution is 2.09. The number of nitrogen functional groups attached to an aromatic ring is 1. The predicted molar refractivity (Wildman–Crippen MR) is 69.3 cm³/mol. The zero-order valence-corrected chi connectivity index (χ0v) is 11.2. The first kappa shape index (κ1) is 14.9. The fraction of sp³-hybridized carbons (Fsp3) is 0.545. The minimum Gasteiger partial charge on any atom is -0.396 e. The van der Waals surface area contributed by atoms with E-state index in [9.17, 15) is 8.42 Å². The summed E-state index contributed by atoms with van der Waals surface area (Å²) in [7, 11) is -3.51. The third-order valence-electron chi connectivity index (χ3n) is 2.55. The predicted octanol–water partition coefficient (Wildman–Crippen LogP) is 0.351. The molecule has 1 atom stereocenters. The normalized spacial score (nSPS) is 13.4. The lowest BCUT2D eigenvalue weighted by molar-refractivity contribution is 0.228. The molecule has 1 rings (SSSR count). The van der Waals surface area contributed by atoms with Crippen LogP contribution < -0.4 is 10.5 Å². The molecule has 6 nitrogen and oxygen atoms in total. The van der Waals surface area contributed by atoms with Gasteiger partial charge in [-0.05, 0) is 30.9 Å². The molecular formula is C11H19N3O3S. The molecule has 0 bridgehead atoms. The lowest BCUT2D eigenvalue weighted by Crippen LogP contribution is -2.25. The highest BCUT2D eigenvalue weighted by Gasteiger charge is 2.13. The van der Waals surface area contributed by atoms with Crippen LogP contribution in [-0.4, -0.2) is 31.7 Å². The van der Waals surface area contributed by atoms with Gasteiger partial charge in [-0.3, -0.25) is 0 Å². The van der Waals surface area contributed by atoms with Crippen molar-refractivity contribution in [3.05, 3.63) is 18.3 Å². The van der Waals surface area contributed by atoms with Crippen molar-refractivity contribution in [1.82, 2.24) is 9.71 Å². The molecule has 0 fully saturated rings. The number of hydrogen-bond donors (Lipinski definition) is 3. The number of aliphatic hydroxyl groups excluding tert-OH is 1. The van der Waals surface area contributed by atoms with E-state index in [2.05, 4.69) is 9.71 Å². The summed E-state index contributed by atoms with van der Waals surface area (Å²) in [5.74, 6) is 0.471. The number of anilines is 1. The number of rotatable bonds is 7. The largest absolute Gasteiger partial charge is 0.396 e. The molecule has 1 aromatic heterocycles. The van der Waals surface area contributed by atoms with Crippen LogP contribution in [0.3, 0.4) is 0 Å². The summed E-state index contributed by atoms with van der Waals surface area (Å²) in [6, 6.07) is 2.86. The van der Waals surface area contributed by atoms with Crippen molar-refractivity contribution in [3.63, 3.8) is 0 Å². The van der Waals surface area contributed by atoms with Gasteiger partial charge < -0.3 is 10.8 Å². The SMILES string of the molecule is CC(CO)CCCNS(=O)(=O)c1ccc(N)nc1. The molecule has 1 heterocycles. The lowest BCUT2D eigenvalue weighted by atomic mass is 10.1. The van der Waals surface area contributed by atoms with Gasteiger partial charge in [-0.15, -0.1) is 0 Å². The molecule has 7 heteroatoms. The fourth-order valence-electron chi connectivity index (χ4n) is 1.38. The van der Waals surface area contributed by atoms with Crippen molar-refractivity contribution in [2.45, 2.75) is 24.7 Å². The Hall–Kier alpha value is -1.18. The first-order valence-electron chi connectivity index (χ1n) is 5.78. The number of aromatic nitrogens is 1. The summed E-state index contributed by atoms with van der Waals surface area (Å²) in [6.07, 6.45) is 2.69. The van der Waals surface area contributed by atoms with E-state index in [1.165, 1.54) is 18.3 Å². The topological polar surface area (TPSA) is 105 Å². The first-order chi connectivity index (χ1) is 8.45. The van der Waals surface area contributed by atoms with Crippen LogP contribution in [0.2, 0.25) is 0 Å². The second kappa shape index (κ2) is 6.67. The van der Waals surface area contributed by atoms with Gasteiger partial charge >= 0.3 is 0 Å². The van der Waals surface area contributed by atoms with E-state index in [1.54, 1.807) is 0 Å². The highest BCUT2D eigenvalue weighted by atomic mass is 32.2. The number of aliphatic hydroxyl groups is 1. The molecule has 0 amide bonds. The van der Waals surface area contributed by atoms with E-state index in [4.69, 9.17) is 10.8 Å².